The van der Waals surface area contributed by atoms with Gasteiger partial charge in [-0.05, 0) is 25.3 Å². The highest BCUT2D eigenvalue weighted by Crippen LogP contribution is 2.29. The molecule has 2 N–H and O–H groups in total. The van der Waals surface area contributed by atoms with Crippen LogP contribution in [0.1, 0.15) is 13.8 Å². The summed E-state index contributed by atoms with van der Waals surface area (Å²) in [7, 11) is 3.25. The van der Waals surface area contributed by atoms with E-state index in [1.807, 2.05) is 25.1 Å². The highest BCUT2D eigenvalue weighted by molar-refractivity contribution is 14.0. The molecule has 0 radical (unpaired) electrons. The standard InChI is InChI=1S/C15H25N3O2S.HI/c1-6-16-15(17-10-11(2)21-5)18-12-7-8-13(19-3)14(9-12)20-4;/h7-9,11H,6,10H2,1-5H3,(H2,16,17,18);1H. The van der Waals surface area contributed by atoms with Gasteiger partial charge in [0.1, 0.15) is 0 Å². The van der Waals surface area contributed by atoms with Crippen molar-refractivity contribution >= 4 is 47.4 Å². The number of ether oxygens (including phenoxy) is 2. The van der Waals surface area contributed by atoms with E-state index in [0.29, 0.717) is 16.7 Å². The maximum Gasteiger partial charge on any atom is 0.195 e. The van der Waals surface area contributed by atoms with Gasteiger partial charge < -0.3 is 20.1 Å². The second kappa shape index (κ2) is 11.7. The van der Waals surface area contributed by atoms with Gasteiger partial charge in [-0.1, -0.05) is 6.92 Å². The first-order chi connectivity index (χ1) is 10.1. The van der Waals surface area contributed by atoms with E-state index in [4.69, 9.17) is 9.47 Å². The number of benzene rings is 1. The quantitative estimate of drug-likeness (QED) is 0.387. The lowest BCUT2D eigenvalue weighted by Gasteiger charge is -2.14. The highest BCUT2D eigenvalue weighted by atomic mass is 127. The summed E-state index contributed by atoms with van der Waals surface area (Å²) in [5.41, 5.74) is 0.907. The molecule has 7 heteroatoms. The number of aliphatic imine (C=N–C) groups is 1. The molecule has 1 rings (SSSR count). The number of hydrogen-bond donors (Lipinski definition) is 2. The van der Waals surface area contributed by atoms with Crippen LogP contribution in [-0.2, 0) is 0 Å². The Labute approximate surface area is 154 Å². The third kappa shape index (κ3) is 6.95. The normalized spacial score (nSPS) is 12.1. The molecule has 1 aromatic carbocycles. The van der Waals surface area contributed by atoms with E-state index in [-0.39, 0.29) is 24.0 Å². The number of anilines is 1. The predicted octanol–water partition coefficient (Wildman–Crippen LogP) is 3.45. The molecule has 0 spiro atoms. The fourth-order valence-electron chi connectivity index (χ4n) is 1.65. The summed E-state index contributed by atoms with van der Waals surface area (Å²) in [5, 5.41) is 7.01. The van der Waals surface area contributed by atoms with Crippen LogP contribution in [0, 0.1) is 0 Å². The third-order valence-electron chi connectivity index (χ3n) is 2.90. The van der Waals surface area contributed by atoms with E-state index in [1.165, 1.54) is 0 Å². The van der Waals surface area contributed by atoms with Gasteiger partial charge in [0, 0.05) is 23.5 Å². The van der Waals surface area contributed by atoms with Crippen LogP contribution in [-0.4, -0.2) is 44.8 Å². The van der Waals surface area contributed by atoms with Gasteiger partial charge in [0.15, 0.2) is 17.5 Å². The molecular weight excluding hydrogens is 413 g/mol. The Morgan fingerprint density at radius 2 is 1.95 bits per heavy atom. The molecule has 0 amide bonds. The minimum Gasteiger partial charge on any atom is -0.493 e. The fourth-order valence-corrected chi connectivity index (χ4v) is 1.88. The summed E-state index contributed by atoms with van der Waals surface area (Å²) in [6, 6.07) is 5.70. The maximum absolute atomic E-state index is 5.31. The number of guanidine groups is 1. The average Bonchev–Trinajstić information content (AvgIpc) is 2.52. The average molecular weight is 439 g/mol. The first-order valence-corrected chi connectivity index (χ1v) is 8.23. The van der Waals surface area contributed by atoms with Gasteiger partial charge in [-0.15, -0.1) is 24.0 Å². The Morgan fingerprint density at radius 1 is 1.27 bits per heavy atom. The van der Waals surface area contributed by atoms with Crippen molar-refractivity contribution in [1.82, 2.24) is 5.32 Å². The minimum atomic E-state index is 0. The van der Waals surface area contributed by atoms with Crippen LogP contribution in [0.15, 0.2) is 23.2 Å². The number of methoxy groups -OCH3 is 2. The molecule has 1 atom stereocenters. The Bertz CT molecular complexity index is 472. The monoisotopic (exact) mass is 439 g/mol. The summed E-state index contributed by atoms with van der Waals surface area (Å²) >= 11 is 1.80. The second-order valence-corrected chi connectivity index (χ2v) is 5.74. The fraction of sp³-hybridized carbons (Fsp3) is 0.533. The number of rotatable bonds is 7. The van der Waals surface area contributed by atoms with Crippen molar-refractivity contribution in [3.05, 3.63) is 18.2 Å². The van der Waals surface area contributed by atoms with Crippen LogP contribution in [0.4, 0.5) is 5.69 Å². The number of nitrogens with zero attached hydrogens (tertiary/aromatic N) is 1. The minimum absolute atomic E-state index is 0. The lowest BCUT2D eigenvalue weighted by atomic mass is 10.3. The molecule has 0 aliphatic heterocycles. The van der Waals surface area contributed by atoms with Crippen molar-refractivity contribution in [2.75, 3.05) is 38.9 Å². The van der Waals surface area contributed by atoms with E-state index in [0.717, 1.165) is 24.7 Å². The zero-order valence-corrected chi connectivity index (χ0v) is 17.0. The van der Waals surface area contributed by atoms with Crippen LogP contribution in [0.5, 0.6) is 11.5 Å². The first kappa shape index (κ1) is 21.2. The predicted molar refractivity (Wildman–Crippen MR) is 108 cm³/mol. The van der Waals surface area contributed by atoms with E-state index >= 15 is 0 Å². The molecule has 0 aromatic heterocycles. The highest BCUT2D eigenvalue weighted by Gasteiger charge is 2.06. The van der Waals surface area contributed by atoms with Gasteiger partial charge in [-0.2, -0.15) is 11.8 Å². The Kier molecular flexibility index (Phi) is 11.3. The molecule has 0 saturated carbocycles. The summed E-state index contributed by atoms with van der Waals surface area (Å²) in [6.45, 7) is 5.79. The molecule has 1 unspecified atom stereocenters. The van der Waals surface area contributed by atoms with E-state index in [9.17, 15) is 0 Å². The van der Waals surface area contributed by atoms with Crippen LogP contribution < -0.4 is 20.1 Å². The maximum atomic E-state index is 5.31. The largest absolute Gasteiger partial charge is 0.493 e. The molecule has 0 heterocycles. The number of nitrogens with one attached hydrogen (secondary N) is 2. The van der Waals surface area contributed by atoms with Crippen LogP contribution in [0.2, 0.25) is 0 Å². The Hall–Kier alpha value is -0.830. The van der Waals surface area contributed by atoms with Crippen molar-refractivity contribution in [1.29, 1.82) is 0 Å². The van der Waals surface area contributed by atoms with Crippen molar-refractivity contribution in [3.63, 3.8) is 0 Å². The Morgan fingerprint density at radius 3 is 2.50 bits per heavy atom. The van der Waals surface area contributed by atoms with E-state index < -0.39 is 0 Å². The van der Waals surface area contributed by atoms with Gasteiger partial charge in [-0.3, -0.25) is 4.99 Å². The summed E-state index contributed by atoms with van der Waals surface area (Å²) in [6.07, 6.45) is 2.09. The molecule has 5 nitrogen and oxygen atoms in total. The molecule has 1 aromatic rings. The molecule has 126 valence electrons. The van der Waals surface area contributed by atoms with Crippen LogP contribution >= 0.6 is 35.7 Å². The second-order valence-electron chi connectivity index (χ2n) is 4.46. The summed E-state index contributed by atoms with van der Waals surface area (Å²) in [4.78, 5) is 4.58. The van der Waals surface area contributed by atoms with Crippen molar-refractivity contribution in [2.45, 2.75) is 19.1 Å². The number of hydrogen-bond acceptors (Lipinski definition) is 4. The molecule has 0 bridgehead atoms. The number of halogens is 1. The lowest BCUT2D eigenvalue weighted by molar-refractivity contribution is 0.355. The lowest BCUT2D eigenvalue weighted by Crippen LogP contribution is -2.31. The van der Waals surface area contributed by atoms with Crippen molar-refractivity contribution in [3.8, 4) is 11.5 Å². The summed E-state index contributed by atoms with van der Waals surface area (Å²) < 4.78 is 10.5. The SMILES string of the molecule is CCNC(=NCC(C)SC)Nc1ccc(OC)c(OC)c1.I. The first-order valence-electron chi connectivity index (χ1n) is 6.94. The molecule has 0 aliphatic carbocycles. The Balaban J connectivity index is 0.00000441. The smallest absolute Gasteiger partial charge is 0.195 e. The van der Waals surface area contributed by atoms with Crippen LogP contribution in [0.3, 0.4) is 0 Å². The topological polar surface area (TPSA) is 54.9 Å². The van der Waals surface area contributed by atoms with Crippen molar-refractivity contribution in [2.24, 2.45) is 4.99 Å². The number of thioether (sulfide) groups is 1. The molecule has 22 heavy (non-hydrogen) atoms. The molecular formula is C15H26IN3O2S. The third-order valence-corrected chi connectivity index (χ3v) is 3.85. The van der Waals surface area contributed by atoms with Crippen molar-refractivity contribution < 1.29 is 9.47 Å². The van der Waals surface area contributed by atoms with Gasteiger partial charge >= 0.3 is 0 Å². The molecule has 0 aliphatic rings. The summed E-state index contributed by atoms with van der Waals surface area (Å²) in [5.74, 6) is 2.17. The molecule has 0 saturated heterocycles. The van der Waals surface area contributed by atoms with Gasteiger partial charge in [0.05, 0.1) is 20.8 Å². The zero-order valence-electron chi connectivity index (χ0n) is 13.8. The molecule has 0 fully saturated rings. The van der Waals surface area contributed by atoms with E-state index in [2.05, 4.69) is 28.8 Å². The van der Waals surface area contributed by atoms with E-state index in [1.54, 1.807) is 26.0 Å². The van der Waals surface area contributed by atoms with Crippen LogP contribution in [0.25, 0.3) is 0 Å². The van der Waals surface area contributed by atoms with Gasteiger partial charge in [0.2, 0.25) is 0 Å². The zero-order chi connectivity index (χ0) is 15.7. The van der Waals surface area contributed by atoms with Gasteiger partial charge in [0.25, 0.3) is 0 Å². The van der Waals surface area contributed by atoms with Gasteiger partial charge in [-0.25, -0.2) is 0 Å².